The van der Waals surface area contributed by atoms with Gasteiger partial charge in [-0.2, -0.15) is 0 Å². The first-order valence-electron chi connectivity index (χ1n) is 11.9. The minimum atomic E-state index is -0.342. The van der Waals surface area contributed by atoms with E-state index in [-0.39, 0.29) is 17.6 Å². The molecule has 9 nitrogen and oxygen atoms in total. The molecule has 0 aliphatic carbocycles. The molecule has 0 radical (unpaired) electrons. The quantitative estimate of drug-likeness (QED) is 0.315. The Morgan fingerprint density at radius 1 is 1.17 bits per heavy atom. The highest BCUT2D eigenvalue weighted by molar-refractivity contribution is 8.26. The molecule has 0 bridgehead atoms. The van der Waals surface area contributed by atoms with E-state index < -0.39 is 0 Å². The van der Waals surface area contributed by atoms with E-state index in [0.717, 1.165) is 19.3 Å². The number of pyridine rings is 1. The van der Waals surface area contributed by atoms with E-state index in [4.69, 9.17) is 21.9 Å². The lowest BCUT2D eigenvalue weighted by atomic mass is 10.2. The molecule has 2 aliphatic heterocycles. The number of hydrogen-bond acceptors (Lipinski definition) is 8. The van der Waals surface area contributed by atoms with Crippen LogP contribution in [0.15, 0.2) is 34.1 Å². The molecule has 2 amide bonds. The number of aromatic nitrogens is 2. The van der Waals surface area contributed by atoms with E-state index in [1.807, 2.05) is 11.0 Å². The molecule has 0 aromatic carbocycles. The summed E-state index contributed by atoms with van der Waals surface area (Å²) in [7, 11) is 0. The van der Waals surface area contributed by atoms with Gasteiger partial charge in [0.2, 0.25) is 0 Å². The van der Waals surface area contributed by atoms with Gasteiger partial charge in [-0.15, -0.1) is 0 Å². The van der Waals surface area contributed by atoms with Crippen LogP contribution in [0.2, 0.25) is 0 Å². The van der Waals surface area contributed by atoms with E-state index in [9.17, 15) is 14.4 Å². The maximum atomic E-state index is 13.5. The van der Waals surface area contributed by atoms with Crippen molar-refractivity contribution in [3.63, 3.8) is 0 Å². The number of nitrogens with zero attached hydrogens (tertiary/aromatic N) is 5. The van der Waals surface area contributed by atoms with Gasteiger partial charge in [-0.1, -0.05) is 49.8 Å². The predicted molar refractivity (Wildman–Crippen MR) is 142 cm³/mol. The van der Waals surface area contributed by atoms with E-state index in [2.05, 4.69) is 6.92 Å². The minimum Gasteiger partial charge on any atom is -0.450 e. The summed E-state index contributed by atoms with van der Waals surface area (Å²) in [6, 6.07) is 5.37. The first kappa shape index (κ1) is 25.2. The second-order valence-corrected chi connectivity index (χ2v) is 9.97. The van der Waals surface area contributed by atoms with Crippen molar-refractivity contribution in [2.75, 3.05) is 44.2 Å². The largest absolute Gasteiger partial charge is 0.450 e. The standard InChI is InChI=1S/C24H29N5O4S2/c1-3-5-7-11-29-22(31)18(35-24(29)34)16-17-20(25-19-9-6-8-10-28(19)21(17)30)26-12-14-27(15-13-26)23(32)33-4-2/h6,8-10,16H,3-5,7,11-15H2,1-2H3/b18-16+. The molecular weight excluding hydrogens is 486 g/mol. The average molecular weight is 516 g/mol. The molecular formula is C24H29N5O4S2. The summed E-state index contributed by atoms with van der Waals surface area (Å²) in [5, 5.41) is 0. The number of fused-ring (bicyclic) bond motifs is 1. The molecule has 2 aromatic rings. The topological polar surface area (TPSA) is 87.5 Å². The van der Waals surface area contributed by atoms with Crippen LogP contribution in [0.5, 0.6) is 0 Å². The van der Waals surface area contributed by atoms with Crippen LogP contribution in [0.3, 0.4) is 0 Å². The van der Waals surface area contributed by atoms with Gasteiger partial charge in [0.25, 0.3) is 11.5 Å². The number of hydrogen-bond donors (Lipinski definition) is 0. The fourth-order valence-corrected chi connectivity index (χ4v) is 5.41. The van der Waals surface area contributed by atoms with Crippen molar-refractivity contribution in [2.45, 2.75) is 33.1 Å². The SMILES string of the molecule is CCCCCN1C(=O)/C(=C\c2c(N3CCN(C(=O)OCC)CC3)nc3ccccn3c2=O)SC1=S. The first-order chi connectivity index (χ1) is 16.9. The van der Waals surface area contributed by atoms with E-state index in [0.29, 0.717) is 65.6 Å². The zero-order valence-corrected chi connectivity index (χ0v) is 21.6. The van der Waals surface area contributed by atoms with Gasteiger partial charge >= 0.3 is 6.09 Å². The van der Waals surface area contributed by atoms with Gasteiger partial charge in [-0.3, -0.25) is 18.9 Å². The van der Waals surface area contributed by atoms with Crippen molar-refractivity contribution >= 4 is 57.8 Å². The van der Waals surface area contributed by atoms with Crippen LogP contribution in [0.4, 0.5) is 10.6 Å². The Morgan fingerprint density at radius 2 is 1.94 bits per heavy atom. The molecule has 2 aliphatic rings. The Bertz CT molecular complexity index is 1220. The Balaban J connectivity index is 1.68. The lowest BCUT2D eigenvalue weighted by Gasteiger charge is -2.35. The molecule has 2 aromatic heterocycles. The zero-order valence-electron chi connectivity index (χ0n) is 19.9. The highest BCUT2D eigenvalue weighted by Gasteiger charge is 2.33. The zero-order chi connectivity index (χ0) is 24.9. The molecule has 0 atom stereocenters. The molecule has 186 valence electrons. The van der Waals surface area contributed by atoms with Crippen LogP contribution in [-0.2, 0) is 9.53 Å². The van der Waals surface area contributed by atoms with E-state index in [1.165, 1.54) is 16.2 Å². The van der Waals surface area contributed by atoms with Crippen LogP contribution in [-0.4, -0.2) is 74.8 Å². The second kappa shape index (κ2) is 11.2. The second-order valence-electron chi connectivity index (χ2n) is 8.30. The van der Waals surface area contributed by atoms with Gasteiger partial charge in [0.1, 0.15) is 15.8 Å². The fourth-order valence-electron chi connectivity index (χ4n) is 4.12. The maximum absolute atomic E-state index is 13.5. The molecule has 11 heteroatoms. The van der Waals surface area contributed by atoms with Gasteiger partial charge in [0, 0.05) is 38.9 Å². The molecule has 0 spiro atoms. The van der Waals surface area contributed by atoms with Crippen molar-refractivity contribution in [1.82, 2.24) is 19.2 Å². The summed E-state index contributed by atoms with van der Waals surface area (Å²) in [4.78, 5) is 49.2. The van der Waals surface area contributed by atoms with Crippen LogP contribution in [0.25, 0.3) is 11.7 Å². The third kappa shape index (κ3) is 5.35. The van der Waals surface area contributed by atoms with Crippen molar-refractivity contribution < 1.29 is 14.3 Å². The third-order valence-electron chi connectivity index (χ3n) is 5.99. The Kier molecular flexibility index (Phi) is 8.07. The smallest absolute Gasteiger partial charge is 0.409 e. The van der Waals surface area contributed by atoms with Crippen LogP contribution in [0.1, 0.15) is 38.7 Å². The number of anilines is 1. The lowest BCUT2D eigenvalue weighted by molar-refractivity contribution is -0.122. The van der Waals surface area contributed by atoms with E-state index >= 15 is 0 Å². The number of rotatable bonds is 7. The summed E-state index contributed by atoms with van der Waals surface area (Å²) in [6.45, 7) is 6.68. The van der Waals surface area contributed by atoms with Crippen molar-refractivity contribution in [2.24, 2.45) is 0 Å². The molecule has 2 fully saturated rings. The molecule has 35 heavy (non-hydrogen) atoms. The molecule has 0 N–H and O–H groups in total. The molecule has 0 unspecified atom stereocenters. The van der Waals surface area contributed by atoms with Crippen molar-refractivity contribution in [1.29, 1.82) is 0 Å². The summed E-state index contributed by atoms with van der Waals surface area (Å²) in [5.74, 6) is 0.327. The summed E-state index contributed by atoms with van der Waals surface area (Å²) in [5.41, 5.74) is 0.603. The number of piperazine rings is 1. The highest BCUT2D eigenvalue weighted by atomic mass is 32.2. The Labute approximate surface area is 213 Å². The minimum absolute atomic E-state index is 0.174. The van der Waals surface area contributed by atoms with Crippen LogP contribution >= 0.6 is 24.0 Å². The van der Waals surface area contributed by atoms with Gasteiger partial charge < -0.3 is 14.5 Å². The van der Waals surface area contributed by atoms with Gasteiger partial charge in [-0.05, 0) is 31.6 Å². The predicted octanol–water partition coefficient (Wildman–Crippen LogP) is 3.36. The summed E-state index contributed by atoms with van der Waals surface area (Å²) in [6.07, 6.45) is 5.91. The average Bonchev–Trinajstić information content (AvgIpc) is 3.13. The lowest BCUT2D eigenvalue weighted by Crippen LogP contribution is -2.49. The number of ether oxygens (including phenoxy) is 1. The molecule has 0 saturated carbocycles. The maximum Gasteiger partial charge on any atom is 0.409 e. The number of carbonyl (C=O) groups is 2. The molecule has 2 saturated heterocycles. The van der Waals surface area contributed by atoms with E-state index in [1.54, 1.807) is 41.1 Å². The fraction of sp³-hybridized carbons (Fsp3) is 0.458. The van der Waals surface area contributed by atoms with Crippen LogP contribution in [0, 0.1) is 0 Å². The third-order valence-corrected chi connectivity index (χ3v) is 7.37. The van der Waals surface area contributed by atoms with Crippen molar-refractivity contribution in [3.05, 3.63) is 45.2 Å². The summed E-state index contributed by atoms with van der Waals surface area (Å²) < 4.78 is 7.10. The highest BCUT2D eigenvalue weighted by Crippen LogP contribution is 2.34. The molecule has 4 rings (SSSR count). The summed E-state index contributed by atoms with van der Waals surface area (Å²) >= 11 is 6.67. The van der Waals surface area contributed by atoms with Gasteiger partial charge in [-0.25, -0.2) is 9.78 Å². The number of thiocarbonyl (C=S) groups is 1. The van der Waals surface area contributed by atoms with Crippen LogP contribution < -0.4 is 10.5 Å². The van der Waals surface area contributed by atoms with Gasteiger partial charge in [0.15, 0.2) is 0 Å². The first-order valence-corrected chi connectivity index (χ1v) is 13.1. The normalized spacial score (nSPS) is 17.7. The number of carbonyl (C=O) groups excluding carboxylic acids is 2. The Hall–Kier alpha value is -2.92. The number of amides is 2. The molecule has 4 heterocycles. The van der Waals surface area contributed by atoms with Gasteiger partial charge in [0.05, 0.1) is 17.1 Å². The van der Waals surface area contributed by atoms with Crippen molar-refractivity contribution in [3.8, 4) is 0 Å². The monoisotopic (exact) mass is 515 g/mol. The number of thioether (sulfide) groups is 1. The Morgan fingerprint density at radius 3 is 2.66 bits per heavy atom. The number of unbranched alkanes of at least 4 members (excludes halogenated alkanes) is 2.